The van der Waals surface area contributed by atoms with E-state index >= 15 is 0 Å². The maximum absolute atomic E-state index is 13.1. The van der Waals surface area contributed by atoms with Crippen LogP contribution in [0.4, 0.5) is 11.4 Å². The van der Waals surface area contributed by atoms with Crippen LogP contribution in [0, 0.1) is 11.8 Å². The van der Waals surface area contributed by atoms with E-state index in [2.05, 4.69) is 23.6 Å². The molecule has 4 saturated heterocycles. The third-order valence-electron chi connectivity index (χ3n) is 8.13. The van der Waals surface area contributed by atoms with Crippen molar-refractivity contribution in [3.63, 3.8) is 0 Å². The first-order chi connectivity index (χ1) is 16.3. The summed E-state index contributed by atoms with van der Waals surface area (Å²) in [5.74, 6) is 0.547. The molecule has 8 heteroatoms. The van der Waals surface area contributed by atoms with Crippen molar-refractivity contribution in [2.45, 2.75) is 64.5 Å². The Balaban J connectivity index is 1.28. The predicted molar refractivity (Wildman–Crippen MR) is 128 cm³/mol. The second-order valence-corrected chi connectivity index (χ2v) is 10.5. The summed E-state index contributed by atoms with van der Waals surface area (Å²) in [6, 6.07) is 5.89. The molecule has 0 saturated carbocycles. The molecular formula is C26H34N4O4. The van der Waals surface area contributed by atoms with Gasteiger partial charge in [-0.15, -0.1) is 0 Å². The van der Waals surface area contributed by atoms with E-state index in [0.29, 0.717) is 23.2 Å². The van der Waals surface area contributed by atoms with Crippen LogP contribution in [0.5, 0.6) is 0 Å². The van der Waals surface area contributed by atoms with Gasteiger partial charge in [-0.25, -0.2) is 9.80 Å². The quantitative estimate of drug-likeness (QED) is 0.634. The van der Waals surface area contributed by atoms with Gasteiger partial charge in [0.1, 0.15) is 0 Å². The maximum atomic E-state index is 13.1. The Hall–Kier alpha value is -2.58. The Morgan fingerprint density at radius 3 is 1.24 bits per heavy atom. The summed E-state index contributed by atoms with van der Waals surface area (Å²) in [7, 11) is 0. The van der Waals surface area contributed by atoms with Gasteiger partial charge in [-0.1, -0.05) is 13.8 Å². The second kappa shape index (κ2) is 9.23. The van der Waals surface area contributed by atoms with Crippen molar-refractivity contribution in [2.24, 2.45) is 11.8 Å². The van der Waals surface area contributed by atoms with E-state index in [4.69, 9.17) is 0 Å². The molecule has 1 aromatic rings. The SMILES string of the molecule is CC1CCN(C2CC(=O)N(c3ccc(N4C(=O)CC(N5CCC(C)CC5)C4=O)cc3)C2=O)CC1. The van der Waals surface area contributed by atoms with Crippen molar-refractivity contribution in [2.75, 3.05) is 36.0 Å². The van der Waals surface area contributed by atoms with Crippen molar-refractivity contribution in [3.05, 3.63) is 24.3 Å². The van der Waals surface area contributed by atoms with E-state index < -0.39 is 12.1 Å². The largest absolute Gasteiger partial charge is 0.292 e. The van der Waals surface area contributed by atoms with Gasteiger partial charge in [0.15, 0.2) is 0 Å². The Labute approximate surface area is 200 Å². The summed E-state index contributed by atoms with van der Waals surface area (Å²) in [6.45, 7) is 7.80. The Kier molecular flexibility index (Phi) is 6.29. The van der Waals surface area contributed by atoms with Gasteiger partial charge in [0.05, 0.1) is 36.3 Å². The fraction of sp³-hybridized carbons (Fsp3) is 0.615. The molecular weight excluding hydrogens is 432 g/mol. The van der Waals surface area contributed by atoms with Crippen molar-refractivity contribution in [1.29, 1.82) is 0 Å². The van der Waals surface area contributed by atoms with Crippen LogP contribution in [-0.2, 0) is 19.2 Å². The number of carbonyl (C=O) groups excluding carboxylic acids is 4. The molecule has 4 fully saturated rings. The fourth-order valence-electron chi connectivity index (χ4n) is 5.78. The second-order valence-electron chi connectivity index (χ2n) is 10.5. The van der Waals surface area contributed by atoms with Crippen molar-refractivity contribution in [3.8, 4) is 0 Å². The standard InChI is InChI=1S/C26H34N4O4/c1-17-7-11-27(12-8-17)21-15-23(31)29(25(21)33)19-3-5-20(6-4-19)30-24(32)16-22(26(30)34)28-13-9-18(2)10-14-28/h3-6,17-18,21-22H,7-16H2,1-2H3. The highest BCUT2D eigenvalue weighted by atomic mass is 16.2. The number of piperidine rings is 2. The smallest absolute Gasteiger partial charge is 0.251 e. The predicted octanol–water partition coefficient (Wildman–Crippen LogP) is 2.41. The van der Waals surface area contributed by atoms with Gasteiger partial charge in [-0.05, 0) is 88.0 Å². The molecule has 1 aromatic carbocycles. The van der Waals surface area contributed by atoms with Crippen LogP contribution in [0.1, 0.15) is 52.4 Å². The van der Waals surface area contributed by atoms with E-state index in [1.807, 2.05) is 0 Å². The van der Waals surface area contributed by atoms with Crippen LogP contribution in [0.3, 0.4) is 0 Å². The van der Waals surface area contributed by atoms with E-state index in [-0.39, 0.29) is 36.5 Å². The topological polar surface area (TPSA) is 81.2 Å². The van der Waals surface area contributed by atoms with Crippen molar-refractivity contribution in [1.82, 2.24) is 9.80 Å². The van der Waals surface area contributed by atoms with Crippen molar-refractivity contribution < 1.29 is 19.2 Å². The minimum absolute atomic E-state index is 0.181. The zero-order valence-corrected chi connectivity index (χ0v) is 20.1. The van der Waals surface area contributed by atoms with Gasteiger partial charge in [0, 0.05) is 0 Å². The lowest BCUT2D eigenvalue weighted by Gasteiger charge is -2.33. The number of hydrogen-bond donors (Lipinski definition) is 0. The number of hydrogen-bond acceptors (Lipinski definition) is 6. The minimum atomic E-state index is -0.394. The highest BCUT2D eigenvalue weighted by Crippen LogP contribution is 2.32. The molecule has 4 heterocycles. The van der Waals surface area contributed by atoms with E-state index in [1.165, 1.54) is 9.80 Å². The monoisotopic (exact) mass is 466 g/mol. The van der Waals surface area contributed by atoms with Gasteiger partial charge in [0.25, 0.3) is 11.8 Å². The molecule has 0 bridgehead atoms. The van der Waals surface area contributed by atoms with Gasteiger partial charge in [-0.3, -0.25) is 29.0 Å². The normalized spacial score (nSPS) is 28.5. The molecule has 0 spiro atoms. The Morgan fingerprint density at radius 2 is 0.912 bits per heavy atom. The van der Waals surface area contributed by atoms with Gasteiger partial charge < -0.3 is 0 Å². The number of rotatable bonds is 4. The third kappa shape index (κ3) is 4.18. The zero-order valence-electron chi connectivity index (χ0n) is 20.1. The summed E-state index contributed by atoms with van der Waals surface area (Å²) in [5, 5.41) is 0. The molecule has 4 aliphatic rings. The van der Waals surface area contributed by atoms with Crippen LogP contribution in [-0.4, -0.2) is 71.7 Å². The first-order valence-electron chi connectivity index (χ1n) is 12.6. The number of imide groups is 2. The van der Waals surface area contributed by atoms with Gasteiger partial charge in [-0.2, -0.15) is 0 Å². The lowest BCUT2D eigenvalue weighted by atomic mass is 9.97. The third-order valence-corrected chi connectivity index (χ3v) is 8.13. The summed E-state index contributed by atoms with van der Waals surface area (Å²) in [5.41, 5.74) is 0.986. The summed E-state index contributed by atoms with van der Waals surface area (Å²) in [4.78, 5) is 58.5. The molecule has 5 rings (SSSR count). The number of amides is 4. The molecule has 182 valence electrons. The summed E-state index contributed by atoms with van der Waals surface area (Å²) in [6.07, 6.45) is 4.58. The van der Waals surface area contributed by atoms with E-state index in [0.717, 1.165) is 51.9 Å². The van der Waals surface area contributed by atoms with Crippen LogP contribution in [0.15, 0.2) is 24.3 Å². The Morgan fingerprint density at radius 1 is 0.588 bits per heavy atom. The molecule has 8 nitrogen and oxygen atoms in total. The lowest BCUT2D eigenvalue weighted by molar-refractivity contribution is -0.124. The molecule has 0 radical (unpaired) electrons. The van der Waals surface area contributed by atoms with Gasteiger partial charge >= 0.3 is 0 Å². The molecule has 0 aromatic heterocycles. The lowest BCUT2D eigenvalue weighted by Crippen LogP contribution is -2.45. The number of carbonyl (C=O) groups is 4. The fourth-order valence-corrected chi connectivity index (χ4v) is 5.78. The molecule has 2 atom stereocenters. The molecule has 2 unspecified atom stereocenters. The first kappa shape index (κ1) is 23.2. The highest BCUT2D eigenvalue weighted by molar-refractivity contribution is 6.24. The first-order valence-corrected chi connectivity index (χ1v) is 12.6. The molecule has 34 heavy (non-hydrogen) atoms. The number of likely N-dealkylation sites (tertiary alicyclic amines) is 2. The maximum Gasteiger partial charge on any atom is 0.251 e. The number of nitrogens with zero attached hydrogens (tertiary/aromatic N) is 4. The minimum Gasteiger partial charge on any atom is -0.292 e. The summed E-state index contributed by atoms with van der Waals surface area (Å²) >= 11 is 0. The van der Waals surface area contributed by atoms with Crippen LogP contribution in [0.25, 0.3) is 0 Å². The summed E-state index contributed by atoms with van der Waals surface area (Å²) < 4.78 is 0. The average Bonchev–Trinajstić information content (AvgIpc) is 3.29. The van der Waals surface area contributed by atoms with Crippen LogP contribution >= 0.6 is 0 Å². The van der Waals surface area contributed by atoms with Crippen molar-refractivity contribution >= 4 is 35.0 Å². The number of anilines is 2. The highest BCUT2D eigenvalue weighted by Gasteiger charge is 2.45. The Bertz CT molecular complexity index is 898. The zero-order chi connectivity index (χ0) is 24.0. The van der Waals surface area contributed by atoms with Crippen LogP contribution in [0.2, 0.25) is 0 Å². The van der Waals surface area contributed by atoms with E-state index in [9.17, 15) is 19.2 Å². The van der Waals surface area contributed by atoms with Gasteiger partial charge in [0.2, 0.25) is 11.8 Å². The molecule has 4 aliphatic heterocycles. The van der Waals surface area contributed by atoms with E-state index in [1.54, 1.807) is 24.3 Å². The van der Waals surface area contributed by atoms with Crippen LogP contribution < -0.4 is 9.80 Å². The molecule has 0 aliphatic carbocycles. The number of benzene rings is 1. The molecule has 4 amide bonds. The molecule has 0 N–H and O–H groups in total. The average molecular weight is 467 g/mol.